The highest BCUT2D eigenvalue weighted by atomic mass is 16.3. The minimum Gasteiger partial charge on any atom is -0.393 e. The molecule has 2 saturated heterocycles. The molecular weight excluding hydrogens is 200 g/mol. The van der Waals surface area contributed by atoms with Crippen molar-refractivity contribution in [1.82, 2.24) is 10.2 Å². The first kappa shape index (κ1) is 11.0. The van der Waals surface area contributed by atoms with Crippen LogP contribution in [-0.4, -0.2) is 48.3 Å². The molecule has 3 aliphatic rings. The van der Waals surface area contributed by atoms with Crippen LogP contribution in [-0.2, 0) is 0 Å². The van der Waals surface area contributed by atoms with E-state index in [9.17, 15) is 5.11 Å². The van der Waals surface area contributed by atoms with Crippen molar-refractivity contribution in [2.75, 3.05) is 26.2 Å². The van der Waals surface area contributed by atoms with Crippen molar-refractivity contribution >= 4 is 0 Å². The number of nitrogens with one attached hydrogen (secondary N) is 1. The van der Waals surface area contributed by atoms with Crippen LogP contribution in [0.3, 0.4) is 0 Å². The van der Waals surface area contributed by atoms with E-state index in [1.165, 1.54) is 45.3 Å². The van der Waals surface area contributed by atoms with Crippen LogP contribution in [0.5, 0.6) is 0 Å². The molecule has 92 valence electrons. The van der Waals surface area contributed by atoms with Crippen molar-refractivity contribution in [3.8, 4) is 0 Å². The lowest BCUT2D eigenvalue weighted by atomic mass is 9.93. The summed E-state index contributed by atoms with van der Waals surface area (Å²) in [5.41, 5.74) is 0. The van der Waals surface area contributed by atoms with Crippen LogP contribution < -0.4 is 5.32 Å². The lowest BCUT2D eigenvalue weighted by Gasteiger charge is -2.32. The van der Waals surface area contributed by atoms with Gasteiger partial charge in [-0.1, -0.05) is 6.42 Å². The predicted octanol–water partition coefficient (Wildman–Crippen LogP) is 0.831. The van der Waals surface area contributed by atoms with Crippen LogP contribution in [0.25, 0.3) is 0 Å². The maximum atomic E-state index is 9.80. The maximum Gasteiger partial charge on any atom is 0.0580 e. The highest BCUT2D eigenvalue weighted by Crippen LogP contribution is 2.29. The van der Waals surface area contributed by atoms with Gasteiger partial charge < -0.3 is 15.3 Å². The summed E-state index contributed by atoms with van der Waals surface area (Å²) in [5, 5.41) is 13.5. The predicted molar refractivity (Wildman–Crippen MR) is 64.3 cm³/mol. The second-order valence-corrected chi connectivity index (χ2v) is 5.91. The van der Waals surface area contributed by atoms with Crippen molar-refractivity contribution in [3.63, 3.8) is 0 Å². The van der Waals surface area contributed by atoms with Gasteiger partial charge in [0.1, 0.15) is 0 Å². The van der Waals surface area contributed by atoms with Crippen LogP contribution >= 0.6 is 0 Å². The normalized spacial score (nSPS) is 47.4. The zero-order chi connectivity index (χ0) is 11.0. The molecule has 3 heteroatoms. The Balaban J connectivity index is 1.47. The highest BCUT2D eigenvalue weighted by molar-refractivity contribution is 4.91. The summed E-state index contributed by atoms with van der Waals surface area (Å²) >= 11 is 0. The molecule has 0 aromatic rings. The first-order valence-electron chi connectivity index (χ1n) is 6.97. The van der Waals surface area contributed by atoms with Crippen LogP contribution in [0.15, 0.2) is 0 Å². The van der Waals surface area contributed by atoms with E-state index >= 15 is 0 Å². The number of hydrogen-bond donors (Lipinski definition) is 2. The van der Waals surface area contributed by atoms with E-state index in [0.29, 0.717) is 5.92 Å². The first-order valence-corrected chi connectivity index (χ1v) is 6.97. The molecule has 2 heterocycles. The molecule has 2 aliphatic heterocycles. The number of aliphatic hydroxyl groups is 1. The Kier molecular flexibility index (Phi) is 3.18. The van der Waals surface area contributed by atoms with E-state index in [1.54, 1.807) is 0 Å². The molecule has 16 heavy (non-hydrogen) atoms. The van der Waals surface area contributed by atoms with Crippen LogP contribution in [0, 0.1) is 11.8 Å². The molecule has 5 unspecified atom stereocenters. The highest BCUT2D eigenvalue weighted by Gasteiger charge is 2.34. The summed E-state index contributed by atoms with van der Waals surface area (Å²) in [6, 6.07) is 0.728. The van der Waals surface area contributed by atoms with Crippen molar-refractivity contribution in [2.45, 2.75) is 44.2 Å². The third-order valence-corrected chi connectivity index (χ3v) is 4.90. The molecule has 0 spiro atoms. The van der Waals surface area contributed by atoms with Crippen molar-refractivity contribution in [3.05, 3.63) is 0 Å². The molecule has 0 amide bonds. The average molecular weight is 224 g/mol. The summed E-state index contributed by atoms with van der Waals surface area (Å²) < 4.78 is 0. The number of piperidine rings is 1. The van der Waals surface area contributed by atoms with Crippen molar-refractivity contribution in [1.29, 1.82) is 0 Å². The first-order chi connectivity index (χ1) is 7.83. The quantitative estimate of drug-likeness (QED) is 0.745. The van der Waals surface area contributed by atoms with E-state index in [-0.39, 0.29) is 6.10 Å². The van der Waals surface area contributed by atoms with E-state index in [0.717, 1.165) is 24.9 Å². The Morgan fingerprint density at radius 3 is 2.81 bits per heavy atom. The lowest BCUT2D eigenvalue weighted by molar-refractivity contribution is 0.124. The van der Waals surface area contributed by atoms with Gasteiger partial charge in [-0.15, -0.1) is 0 Å². The Bertz CT molecular complexity index is 246. The number of nitrogens with zero attached hydrogens (tertiary/aromatic N) is 1. The van der Waals surface area contributed by atoms with E-state index in [4.69, 9.17) is 0 Å². The topological polar surface area (TPSA) is 35.5 Å². The molecular formula is C13H24N2O. The summed E-state index contributed by atoms with van der Waals surface area (Å²) in [7, 11) is 0. The molecule has 2 N–H and O–H groups in total. The fraction of sp³-hybridized carbons (Fsp3) is 1.00. The summed E-state index contributed by atoms with van der Waals surface area (Å²) in [4.78, 5) is 2.59. The minimum atomic E-state index is -0.0313. The largest absolute Gasteiger partial charge is 0.393 e. The number of fused-ring (bicyclic) bond motifs is 2. The van der Waals surface area contributed by atoms with Crippen molar-refractivity contribution in [2.24, 2.45) is 11.8 Å². The molecule has 3 rings (SSSR count). The van der Waals surface area contributed by atoms with Crippen molar-refractivity contribution < 1.29 is 5.11 Å². The maximum absolute atomic E-state index is 9.80. The van der Waals surface area contributed by atoms with Gasteiger partial charge >= 0.3 is 0 Å². The molecule has 3 nitrogen and oxygen atoms in total. The van der Waals surface area contributed by atoms with Gasteiger partial charge in [-0.05, 0) is 50.6 Å². The fourth-order valence-electron chi connectivity index (χ4n) is 3.78. The van der Waals surface area contributed by atoms with Gasteiger partial charge in [0.2, 0.25) is 0 Å². The molecule has 0 aromatic heterocycles. The third-order valence-electron chi connectivity index (χ3n) is 4.90. The van der Waals surface area contributed by atoms with Gasteiger partial charge in [-0.25, -0.2) is 0 Å². The molecule has 2 bridgehead atoms. The van der Waals surface area contributed by atoms with Gasteiger partial charge in [-0.3, -0.25) is 0 Å². The van der Waals surface area contributed by atoms with Gasteiger partial charge in [0, 0.05) is 19.1 Å². The number of hydrogen-bond acceptors (Lipinski definition) is 3. The average Bonchev–Trinajstić information content (AvgIpc) is 2.86. The number of aliphatic hydroxyl groups excluding tert-OH is 1. The standard InChI is InChI=1S/C13H24N2O/c16-13-3-1-2-10(13)8-14-12-5-7-15-6-4-11(12)9-15/h10-14,16H,1-9H2. The fourth-order valence-corrected chi connectivity index (χ4v) is 3.78. The minimum absolute atomic E-state index is 0.0313. The van der Waals surface area contributed by atoms with Gasteiger partial charge in [-0.2, -0.15) is 0 Å². The Morgan fingerprint density at radius 2 is 2.00 bits per heavy atom. The van der Waals surface area contributed by atoms with Gasteiger partial charge in [0.25, 0.3) is 0 Å². The van der Waals surface area contributed by atoms with E-state index < -0.39 is 0 Å². The van der Waals surface area contributed by atoms with E-state index in [1.807, 2.05) is 0 Å². The van der Waals surface area contributed by atoms with Gasteiger partial charge in [0.15, 0.2) is 0 Å². The molecule has 1 aliphatic carbocycles. The zero-order valence-corrected chi connectivity index (χ0v) is 10.1. The molecule has 3 fully saturated rings. The third kappa shape index (κ3) is 2.13. The Morgan fingerprint density at radius 1 is 1.12 bits per heavy atom. The molecule has 0 aromatic carbocycles. The van der Waals surface area contributed by atoms with Crippen LogP contribution in [0.4, 0.5) is 0 Å². The van der Waals surface area contributed by atoms with Gasteiger partial charge in [0.05, 0.1) is 6.10 Å². The molecule has 1 saturated carbocycles. The monoisotopic (exact) mass is 224 g/mol. The molecule has 0 radical (unpaired) electrons. The van der Waals surface area contributed by atoms with Crippen LogP contribution in [0.2, 0.25) is 0 Å². The number of rotatable bonds is 3. The second-order valence-electron chi connectivity index (χ2n) is 5.91. The smallest absolute Gasteiger partial charge is 0.0580 e. The molecule has 5 atom stereocenters. The summed E-state index contributed by atoms with van der Waals surface area (Å²) in [6.45, 7) is 4.95. The van der Waals surface area contributed by atoms with E-state index in [2.05, 4.69) is 10.2 Å². The summed E-state index contributed by atoms with van der Waals surface area (Å²) in [5.74, 6) is 1.41. The second kappa shape index (κ2) is 4.63. The summed E-state index contributed by atoms with van der Waals surface area (Å²) in [6.07, 6.45) is 6.12. The van der Waals surface area contributed by atoms with Crippen LogP contribution in [0.1, 0.15) is 32.1 Å². The zero-order valence-electron chi connectivity index (χ0n) is 10.1. The SMILES string of the molecule is OC1CCCC1CNC1CCN2CCC1C2. The Labute approximate surface area is 98.2 Å². The Hall–Kier alpha value is -0.120. The lowest BCUT2D eigenvalue weighted by Crippen LogP contribution is -2.45.